The number of hydrogen-bond donors (Lipinski definition) is 1. The van der Waals surface area contributed by atoms with Crippen molar-refractivity contribution in [3.63, 3.8) is 0 Å². The molecule has 0 atom stereocenters. The van der Waals surface area contributed by atoms with E-state index in [1.165, 1.54) is 23.9 Å². The summed E-state index contributed by atoms with van der Waals surface area (Å²) in [6.45, 7) is 3.31. The quantitative estimate of drug-likeness (QED) is 0.732. The topological polar surface area (TPSA) is 54.6 Å². The summed E-state index contributed by atoms with van der Waals surface area (Å²) in [6, 6.07) is 8.01. The predicted molar refractivity (Wildman–Crippen MR) is 88.2 cm³/mol. The zero-order chi connectivity index (χ0) is 16.6. The van der Waals surface area contributed by atoms with Gasteiger partial charge in [0, 0.05) is 29.0 Å². The molecule has 0 aliphatic rings. The van der Waals surface area contributed by atoms with Gasteiger partial charge in [0.2, 0.25) is 0 Å². The molecule has 118 valence electrons. The average Bonchev–Trinajstić information content (AvgIpc) is 2.94. The van der Waals surface area contributed by atoms with Crippen molar-refractivity contribution >= 4 is 23.4 Å². The minimum atomic E-state index is -0.986. The van der Waals surface area contributed by atoms with Crippen LogP contribution in [-0.2, 0) is 4.79 Å². The summed E-state index contributed by atoms with van der Waals surface area (Å²) < 4.78 is 14.1. The highest BCUT2D eigenvalue weighted by Crippen LogP contribution is 2.39. The van der Waals surface area contributed by atoms with Gasteiger partial charge in [-0.15, -0.1) is 11.8 Å². The molecule has 2 aromatic heterocycles. The number of rotatable bonds is 4. The predicted octanol–water partition coefficient (Wildman–Crippen LogP) is 4.10. The third-order valence-electron chi connectivity index (χ3n) is 3.53. The number of benzene rings is 1. The van der Waals surface area contributed by atoms with Crippen LogP contribution in [0.1, 0.15) is 13.8 Å². The van der Waals surface area contributed by atoms with Gasteiger partial charge < -0.3 is 9.51 Å². The molecule has 1 N–H and O–H groups in total. The summed E-state index contributed by atoms with van der Waals surface area (Å²) in [6.07, 6.45) is 5.38. The fourth-order valence-corrected chi connectivity index (χ4v) is 3.27. The minimum Gasteiger partial charge on any atom is -0.480 e. The van der Waals surface area contributed by atoms with Crippen molar-refractivity contribution < 1.29 is 14.3 Å². The van der Waals surface area contributed by atoms with Gasteiger partial charge in [-0.2, -0.15) is 0 Å². The van der Waals surface area contributed by atoms with Crippen molar-refractivity contribution in [1.29, 1.82) is 0 Å². The minimum absolute atomic E-state index is 0.308. The Labute approximate surface area is 137 Å². The molecule has 2 heterocycles. The second-order valence-corrected chi connectivity index (χ2v) is 7.33. The van der Waals surface area contributed by atoms with E-state index >= 15 is 0 Å². The molecule has 0 fully saturated rings. The molecule has 4 nitrogen and oxygen atoms in total. The van der Waals surface area contributed by atoms with E-state index in [4.69, 9.17) is 0 Å². The van der Waals surface area contributed by atoms with Gasteiger partial charge in [0.15, 0.2) is 0 Å². The lowest BCUT2D eigenvalue weighted by molar-refractivity contribution is -0.138. The molecule has 0 saturated heterocycles. The first kappa shape index (κ1) is 15.6. The van der Waals surface area contributed by atoms with Crippen molar-refractivity contribution in [2.24, 2.45) is 0 Å². The zero-order valence-corrected chi connectivity index (χ0v) is 13.5. The Kier molecular flexibility index (Phi) is 3.85. The number of hydrogen-bond acceptors (Lipinski definition) is 3. The van der Waals surface area contributed by atoms with Crippen LogP contribution in [0.15, 0.2) is 53.8 Å². The van der Waals surface area contributed by atoms with Gasteiger partial charge in [-0.1, -0.05) is 12.1 Å². The van der Waals surface area contributed by atoms with E-state index < -0.39 is 10.7 Å². The number of aromatic nitrogens is 2. The van der Waals surface area contributed by atoms with E-state index in [9.17, 15) is 14.3 Å². The van der Waals surface area contributed by atoms with Crippen LogP contribution in [-0.4, -0.2) is 25.2 Å². The Bertz CT molecular complexity index is 872. The second-order valence-electron chi connectivity index (χ2n) is 5.67. The van der Waals surface area contributed by atoms with Crippen molar-refractivity contribution in [3.05, 3.63) is 54.7 Å². The van der Waals surface area contributed by atoms with Gasteiger partial charge in [0.1, 0.15) is 16.2 Å². The number of nitrogens with zero attached hydrogens (tertiary/aromatic N) is 2. The Balaban J connectivity index is 2.16. The summed E-state index contributed by atoms with van der Waals surface area (Å²) >= 11 is 1.25. The molecule has 23 heavy (non-hydrogen) atoms. The highest BCUT2D eigenvalue weighted by atomic mass is 32.2. The molecule has 0 amide bonds. The van der Waals surface area contributed by atoms with E-state index in [-0.39, 0.29) is 5.82 Å². The number of halogens is 1. The number of fused-ring (bicyclic) bond motifs is 1. The molecule has 0 aliphatic heterocycles. The molecule has 0 spiro atoms. The highest BCUT2D eigenvalue weighted by Gasteiger charge is 2.30. The molecule has 0 bridgehead atoms. The molecule has 1 aromatic carbocycles. The number of pyridine rings is 1. The van der Waals surface area contributed by atoms with Gasteiger partial charge in [-0.3, -0.25) is 4.79 Å². The summed E-state index contributed by atoms with van der Waals surface area (Å²) in [5.41, 5.74) is 2.40. The van der Waals surface area contributed by atoms with E-state index in [1.54, 1.807) is 32.2 Å². The highest BCUT2D eigenvalue weighted by molar-refractivity contribution is 8.01. The lowest BCUT2D eigenvalue weighted by Crippen LogP contribution is -2.27. The van der Waals surface area contributed by atoms with Crippen LogP contribution in [0, 0.1) is 5.82 Å². The van der Waals surface area contributed by atoms with Crippen LogP contribution in [0.5, 0.6) is 0 Å². The Morgan fingerprint density at radius 2 is 2.00 bits per heavy atom. The van der Waals surface area contributed by atoms with Crippen LogP contribution in [0.4, 0.5) is 4.39 Å². The zero-order valence-electron chi connectivity index (χ0n) is 12.7. The summed E-state index contributed by atoms with van der Waals surface area (Å²) in [5, 5.41) is 9.38. The monoisotopic (exact) mass is 330 g/mol. The van der Waals surface area contributed by atoms with Gasteiger partial charge in [-0.25, -0.2) is 9.37 Å². The van der Waals surface area contributed by atoms with E-state index in [0.717, 1.165) is 21.7 Å². The Hall–Kier alpha value is -2.34. The molecule has 6 heteroatoms. The lowest BCUT2D eigenvalue weighted by Gasteiger charge is -2.20. The van der Waals surface area contributed by atoms with Crippen molar-refractivity contribution in [1.82, 2.24) is 9.38 Å². The number of carbonyl (C=O) groups is 1. The summed E-state index contributed by atoms with van der Waals surface area (Å²) in [5.74, 6) is -1.20. The second kappa shape index (κ2) is 5.70. The molecule has 0 aliphatic carbocycles. The van der Waals surface area contributed by atoms with Crippen LogP contribution >= 0.6 is 11.8 Å². The first-order valence-corrected chi connectivity index (χ1v) is 7.83. The SMILES string of the molecule is CC(C)(Sc1cc2nccn2cc1-c1ccc(F)cc1)C(=O)O. The third-order valence-corrected chi connectivity index (χ3v) is 4.77. The maximum atomic E-state index is 13.2. The van der Waals surface area contributed by atoms with E-state index in [2.05, 4.69) is 4.98 Å². The molecule has 0 unspecified atom stereocenters. The fourth-order valence-electron chi connectivity index (χ4n) is 2.19. The third kappa shape index (κ3) is 3.07. The van der Waals surface area contributed by atoms with Crippen LogP contribution in [0.3, 0.4) is 0 Å². The van der Waals surface area contributed by atoms with E-state index in [1.807, 2.05) is 22.9 Å². The lowest BCUT2D eigenvalue weighted by atomic mass is 10.1. The van der Waals surface area contributed by atoms with Crippen LogP contribution < -0.4 is 0 Å². The normalized spacial score (nSPS) is 11.8. The van der Waals surface area contributed by atoms with E-state index in [0.29, 0.717) is 0 Å². The Morgan fingerprint density at radius 1 is 1.30 bits per heavy atom. The molecular formula is C17H15FN2O2S. The average molecular weight is 330 g/mol. The fraction of sp³-hybridized carbons (Fsp3) is 0.176. The molecule has 3 rings (SSSR count). The largest absolute Gasteiger partial charge is 0.480 e. The Morgan fingerprint density at radius 3 is 2.65 bits per heavy atom. The van der Waals surface area contributed by atoms with Crippen LogP contribution in [0.2, 0.25) is 0 Å². The van der Waals surface area contributed by atoms with Crippen molar-refractivity contribution in [2.45, 2.75) is 23.5 Å². The number of aliphatic carboxylic acids is 1. The smallest absolute Gasteiger partial charge is 0.319 e. The number of carboxylic acid groups (broad SMARTS) is 1. The number of carboxylic acids is 1. The molecule has 0 saturated carbocycles. The molecular weight excluding hydrogens is 315 g/mol. The van der Waals surface area contributed by atoms with Crippen molar-refractivity contribution in [3.8, 4) is 11.1 Å². The van der Waals surface area contributed by atoms with Gasteiger partial charge >= 0.3 is 5.97 Å². The van der Waals surface area contributed by atoms with Gasteiger partial charge in [0.25, 0.3) is 0 Å². The van der Waals surface area contributed by atoms with Gasteiger partial charge in [-0.05, 0) is 37.6 Å². The van der Waals surface area contributed by atoms with Crippen molar-refractivity contribution in [2.75, 3.05) is 0 Å². The number of thioether (sulfide) groups is 1. The maximum Gasteiger partial charge on any atom is 0.319 e. The first-order chi connectivity index (χ1) is 10.9. The van der Waals surface area contributed by atoms with Crippen LogP contribution in [0.25, 0.3) is 16.8 Å². The molecule has 0 radical (unpaired) electrons. The summed E-state index contributed by atoms with van der Waals surface area (Å²) in [4.78, 5) is 16.5. The first-order valence-electron chi connectivity index (χ1n) is 7.02. The summed E-state index contributed by atoms with van der Waals surface area (Å²) in [7, 11) is 0. The number of imidazole rings is 1. The van der Waals surface area contributed by atoms with Gasteiger partial charge in [0.05, 0.1) is 0 Å². The maximum absolute atomic E-state index is 13.2. The standard InChI is InChI=1S/C17H15FN2O2S/c1-17(2,16(21)22)23-14-9-15-19-7-8-20(15)10-13(14)11-3-5-12(18)6-4-11/h3-10H,1-2H3,(H,21,22). The molecule has 3 aromatic rings.